The molecule has 1 aliphatic heterocycles. The van der Waals surface area contributed by atoms with E-state index in [0.29, 0.717) is 31.1 Å². The molecule has 0 unspecified atom stereocenters. The first-order valence-electron chi connectivity index (χ1n) is 5.90. The van der Waals surface area contributed by atoms with E-state index in [4.69, 9.17) is 0 Å². The quantitative estimate of drug-likeness (QED) is 0.868. The number of hydrogen-bond acceptors (Lipinski definition) is 3. The van der Waals surface area contributed by atoms with Gasteiger partial charge in [-0.3, -0.25) is 0 Å². The summed E-state index contributed by atoms with van der Waals surface area (Å²) in [5.41, 5.74) is 1.58. The van der Waals surface area contributed by atoms with E-state index in [9.17, 15) is 8.42 Å². The molecule has 0 bridgehead atoms. The molecule has 4 nitrogen and oxygen atoms in total. The van der Waals surface area contributed by atoms with Crippen LogP contribution in [0.5, 0.6) is 0 Å². The van der Waals surface area contributed by atoms with Crippen molar-refractivity contribution in [2.24, 2.45) is 0 Å². The molecule has 0 amide bonds. The van der Waals surface area contributed by atoms with Crippen molar-refractivity contribution in [3.8, 4) is 0 Å². The summed E-state index contributed by atoms with van der Waals surface area (Å²) in [6.07, 6.45) is 0. The van der Waals surface area contributed by atoms with Gasteiger partial charge in [0.1, 0.15) is 0 Å². The molecule has 0 aromatic heterocycles. The molecule has 7 heteroatoms. The number of nitrogens with zero attached hydrogens (tertiary/aromatic N) is 1. The normalized spacial score (nSPS) is 17.0. The summed E-state index contributed by atoms with van der Waals surface area (Å²) in [7, 11) is -3.37. The maximum atomic E-state index is 12.6. The first kappa shape index (κ1) is 16.9. The Balaban J connectivity index is 0.00000180. The standard InChI is InChI=1S/C12H17BrN2O2S.ClH/c1-9-7-11(13)8-10(2)12(9)18(16,17)15-5-3-14-4-6-15;/h7-8,14H,3-6H2,1-2H3;1H. The van der Waals surface area contributed by atoms with Crippen molar-refractivity contribution in [1.82, 2.24) is 9.62 Å². The van der Waals surface area contributed by atoms with E-state index >= 15 is 0 Å². The van der Waals surface area contributed by atoms with Crippen molar-refractivity contribution in [3.63, 3.8) is 0 Å². The van der Waals surface area contributed by atoms with Gasteiger partial charge in [-0.05, 0) is 37.1 Å². The summed E-state index contributed by atoms with van der Waals surface area (Å²) < 4.78 is 27.7. The molecule has 1 fully saturated rings. The van der Waals surface area contributed by atoms with Gasteiger partial charge in [0, 0.05) is 30.7 Å². The third kappa shape index (κ3) is 3.49. The molecule has 1 aliphatic rings. The molecule has 0 atom stereocenters. The van der Waals surface area contributed by atoms with Gasteiger partial charge in [0.25, 0.3) is 0 Å². The molecule has 0 saturated carbocycles. The highest BCUT2D eigenvalue weighted by Crippen LogP contribution is 2.27. The zero-order chi connectivity index (χ0) is 13.3. The average molecular weight is 370 g/mol. The lowest BCUT2D eigenvalue weighted by Gasteiger charge is -2.28. The molecule has 0 radical (unpaired) electrons. The summed E-state index contributed by atoms with van der Waals surface area (Å²) in [5.74, 6) is 0. The average Bonchev–Trinajstić information content (AvgIpc) is 2.28. The van der Waals surface area contributed by atoms with E-state index in [-0.39, 0.29) is 12.4 Å². The van der Waals surface area contributed by atoms with Crippen LogP contribution in [0.4, 0.5) is 0 Å². The van der Waals surface area contributed by atoms with Crippen molar-refractivity contribution in [2.75, 3.05) is 26.2 Å². The fraction of sp³-hybridized carbons (Fsp3) is 0.500. The summed E-state index contributed by atoms with van der Waals surface area (Å²) in [4.78, 5) is 0.451. The highest BCUT2D eigenvalue weighted by atomic mass is 79.9. The summed E-state index contributed by atoms with van der Waals surface area (Å²) in [5, 5.41) is 3.16. The zero-order valence-corrected chi connectivity index (χ0v) is 14.2. The molecule has 0 spiro atoms. The fourth-order valence-corrected chi connectivity index (χ4v) is 4.86. The number of piperazine rings is 1. The molecule has 1 aromatic rings. The van der Waals surface area contributed by atoms with E-state index in [2.05, 4.69) is 21.2 Å². The second-order valence-corrected chi connectivity index (χ2v) is 7.31. The Labute approximate surface area is 129 Å². The maximum absolute atomic E-state index is 12.6. The van der Waals surface area contributed by atoms with E-state index < -0.39 is 10.0 Å². The van der Waals surface area contributed by atoms with Crippen molar-refractivity contribution < 1.29 is 8.42 Å². The molecule has 108 valence electrons. The summed E-state index contributed by atoms with van der Waals surface area (Å²) in [6.45, 7) is 6.19. The molecule has 1 aromatic carbocycles. The zero-order valence-electron chi connectivity index (χ0n) is 10.9. The molecule has 1 heterocycles. The van der Waals surface area contributed by atoms with Crippen molar-refractivity contribution >= 4 is 38.4 Å². The number of aryl methyl sites for hydroxylation is 2. The molecule has 0 aliphatic carbocycles. The van der Waals surface area contributed by atoms with Crippen LogP contribution in [0, 0.1) is 13.8 Å². The first-order valence-corrected chi connectivity index (χ1v) is 8.14. The molecule has 19 heavy (non-hydrogen) atoms. The first-order chi connectivity index (χ1) is 8.43. The summed E-state index contributed by atoms with van der Waals surface area (Å²) in [6, 6.07) is 3.70. The van der Waals surface area contributed by atoms with Crippen LogP contribution < -0.4 is 5.32 Å². The highest BCUT2D eigenvalue weighted by molar-refractivity contribution is 9.10. The Kier molecular flexibility index (Phi) is 5.82. The Morgan fingerprint density at radius 1 is 1.16 bits per heavy atom. The number of halogens is 2. The van der Waals surface area contributed by atoms with Gasteiger partial charge in [0.05, 0.1) is 4.90 Å². The maximum Gasteiger partial charge on any atom is 0.243 e. The number of hydrogen-bond donors (Lipinski definition) is 1. The smallest absolute Gasteiger partial charge is 0.243 e. The van der Waals surface area contributed by atoms with Crippen LogP contribution >= 0.6 is 28.3 Å². The third-order valence-corrected chi connectivity index (χ3v) is 5.76. The molecule has 1 N–H and O–H groups in total. The number of nitrogens with one attached hydrogen (secondary N) is 1. The molecule has 2 rings (SSSR count). The molecule has 1 saturated heterocycles. The molecular formula is C12H18BrClN2O2S. The van der Waals surface area contributed by atoms with Crippen molar-refractivity contribution in [3.05, 3.63) is 27.7 Å². The van der Waals surface area contributed by atoms with E-state index in [0.717, 1.165) is 15.6 Å². The van der Waals surface area contributed by atoms with Crippen molar-refractivity contribution in [2.45, 2.75) is 18.7 Å². The van der Waals surface area contributed by atoms with Gasteiger partial charge in [-0.1, -0.05) is 15.9 Å². The number of sulfonamides is 1. The Morgan fingerprint density at radius 2 is 1.63 bits per heavy atom. The lowest BCUT2D eigenvalue weighted by molar-refractivity contribution is 0.360. The predicted molar refractivity (Wildman–Crippen MR) is 82.5 cm³/mol. The lowest BCUT2D eigenvalue weighted by Crippen LogP contribution is -2.46. The highest BCUT2D eigenvalue weighted by Gasteiger charge is 2.28. The Hall–Kier alpha value is -0.140. The van der Waals surface area contributed by atoms with E-state index in [1.165, 1.54) is 0 Å². The van der Waals surface area contributed by atoms with Crippen LogP contribution in [-0.2, 0) is 10.0 Å². The lowest BCUT2D eigenvalue weighted by atomic mass is 10.2. The Morgan fingerprint density at radius 3 is 2.11 bits per heavy atom. The van der Waals surface area contributed by atoms with Crippen LogP contribution in [0.2, 0.25) is 0 Å². The largest absolute Gasteiger partial charge is 0.314 e. The minimum Gasteiger partial charge on any atom is -0.314 e. The minimum atomic E-state index is -3.37. The SMILES string of the molecule is Cc1cc(Br)cc(C)c1S(=O)(=O)N1CCNCC1.Cl. The number of benzene rings is 1. The van der Waals surface area contributed by atoms with E-state index in [1.807, 2.05) is 26.0 Å². The fourth-order valence-electron chi connectivity index (χ4n) is 2.32. The summed E-state index contributed by atoms with van der Waals surface area (Å²) >= 11 is 3.39. The van der Waals surface area contributed by atoms with Crippen LogP contribution in [-0.4, -0.2) is 38.9 Å². The minimum absolute atomic E-state index is 0. The van der Waals surface area contributed by atoms with Gasteiger partial charge in [-0.15, -0.1) is 12.4 Å². The second kappa shape index (κ2) is 6.54. The van der Waals surface area contributed by atoms with Crippen LogP contribution in [0.15, 0.2) is 21.5 Å². The monoisotopic (exact) mass is 368 g/mol. The van der Waals surface area contributed by atoms with Gasteiger partial charge in [-0.2, -0.15) is 4.31 Å². The van der Waals surface area contributed by atoms with Gasteiger partial charge in [-0.25, -0.2) is 8.42 Å². The number of rotatable bonds is 2. The van der Waals surface area contributed by atoms with Crippen molar-refractivity contribution in [1.29, 1.82) is 0 Å². The predicted octanol–water partition coefficient (Wildman–Crippen LogP) is 2.08. The van der Waals surface area contributed by atoms with E-state index in [1.54, 1.807) is 4.31 Å². The molecular weight excluding hydrogens is 352 g/mol. The topological polar surface area (TPSA) is 49.4 Å². The third-order valence-electron chi connectivity index (χ3n) is 3.10. The second-order valence-electron chi connectivity index (χ2n) is 4.52. The van der Waals surface area contributed by atoms with Gasteiger partial charge in [0.15, 0.2) is 0 Å². The Bertz CT molecular complexity index is 534. The van der Waals surface area contributed by atoms with Gasteiger partial charge >= 0.3 is 0 Å². The van der Waals surface area contributed by atoms with Gasteiger partial charge in [0.2, 0.25) is 10.0 Å². The van der Waals surface area contributed by atoms with Crippen LogP contribution in [0.25, 0.3) is 0 Å². The van der Waals surface area contributed by atoms with Crippen LogP contribution in [0.1, 0.15) is 11.1 Å². The van der Waals surface area contributed by atoms with Gasteiger partial charge < -0.3 is 5.32 Å². The van der Waals surface area contributed by atoms with Crippen LogP contribution in [0.3, 0.4) is 0 Å².